The molecule has 0 aromatic carbocycles. The average molecular weight is 215 g/mol. The fourth-order valence-corrected chi connectivity index (χ4v) is 1.64. The second-order valence-corrected chi connectivity index (χ2v) is 5.30. The van der Waals surface area contributed by atoms with E-state index in [1.807, 2.05) is 0 Å². The summed E-state index contributed by atoms with van der Waals surface area (Å²) < 4.78 is 5.20. The van der Waals surface area contributed by atoms with Crippen molar-refractivity contribution in [2.24, 2.45) is 5.41 Å². The fraction of sp³-hybridized carbons (Fsp3) is 1.00. The van der Waals surface area contributed by atoms with Crippen molar-refractivity contribution >= 4 is 0 Å². The van der Waals surface area contributed by atoms with Crippen LogP contribution in [0.5, 0.6) is 0 Å². The summed E-state index contributed by atoms with van der Waals surface area (Å²) in [7, 11) is 1.76. The second-order valence-electron chi connectivity index (χ2n) is 5.30. The number of hydrogen-bond acceptors (Lipinski definition) is 2. The van der Waals surface area contributed by atoms with Crippen molar-refractivity contribution in [2.45, 2.75) is 59.5 Å². The Morgan fingerprint density at radius 3 is 2.47 bits per heavy atom. The van der Waals surface area contributed by atoms with Crippen LogP contribution in [0.15, 0.2) is 0 Å². The van der Waals surface area contributed by atoms with Crippen molar-refractivity contribution in [1.29, 1.82) is 0 Å². The van der Waals surface area contributed by atoms with E-state index in [-0.39, 0.29) is 0 Å². The monoisotopic (exact) mass is 215 g/mol. The lowest BCUT2D eigenvalue weighted by Crippen LogP contribution is -2.34. The standard InChI is InChI=1S/C13H29NO/c1-6-7-8-9-13(3,4)11-14-10-12(2)15-5/h12,14H,6-11H2,1-5H3. The van der Waals surface area contributed by atoms with Gasteiger partial charge >= 0.3 is 0 Å². The molecule has 1 atom stereocenters. The van der Waals surface area contributed by atoms with Crippen LogP contribution in [0.25, 0.3) is 0 Å². The SMILES string of the molecule is CCCCCC(C)(C)CNCC(C)OC. The smallest absolute Gasteiger partial charge is 0.0667 e. The molecule has 0 radical (unpaired) electrons. The topological polar surface area (TPSA) is 21.3 Å². The normalized spacial score (nSPS) is 14.2. The zero-order valence-corrected chi connectivity index (χ0v) is 11.2. The van der Waals surface area contributed by atoms with Gasteiger partial charge in [0.15, 0.2) is 0 Å². The first-order valence-corrected chi connectivity index (χ1v) is 6.25. The Balaban J connectivity index is 3.54. The van der Waals surface area contributed by atoms with Crippen molar-refractivity contribution in [1.82, 2.24) is 5.32 Å². The predicted molar refractivity (Wildman–Crippen MR) is 67.3 cm³/mol. The fourth-order valence-electron chi connectivity index (χ4n) is 1.64. The van der Waals surface area contributed by atoms with Gasteiger partial charge in [0, 0.05) is 20.2 Å². The van der Waals surface area contributed by atoms with E-state index in [2.05, 4.69) is 33.0 Å². The molecule has 1 N–H and O–H groups in total. The highest BCUT2D eigenvalue weighted by Gasteiger charge is 2.16. The summed E-state index contributed by atoms with van der Waals surface area (Å²) >= 11 is 0. The summed E-state index contributed by atoms with van der Waals surface area (Å²) in [5.41, 5.74) is 0.419. The summed E-state index contributed by atoms with van der Waals surface area (Å²) in [5, 5.41) is 3.48. The van der Waals surface area contributed by atoms with Crippen LogP contribution in [0, 0.1) is 5.41 Å². The van der Waals surface area contributed by atoms with E-state index in [1.54, 1.807) is 7.11 Å². The van der Waals surface area contributed by atoms with Crippen molar-refractivity contribution in [3.63, 3.8) is 0 Å². The maximum Gasteiger partial charge on any atom is 0.0667 e. The lowest BCUT2D eigenvalue weighted by Gasteiger charge is -2.25. The van der Waals surface area contributed by atoms with Gasteiger partial charge in [-0.15, -0.1) is 0 Å². The van der Waals surface area contributed by atoms with Crippen molar-refractivity contribution in [2.75, 3.05) is 20.2 Å². The predicted octanol–water partition coefficient (Wildman–Crippen LogP) is 3.22. The van der Waals surface area contributed by atoms with E-state index in [1.165, 1.54) is 25.7 Å². The minimum Gasteiger partial charge on any atom is -0.380 e. The Morgan fingerprint density at radius 2 is 1.93 bits per heavy atom. The maximum absolute atomic E-state index is 5.20. The maximum atomic E-state index is 5.20. The van der Waals surface area contributed by atoms with Gasteiger partial charge in [0.25, 0.3) is 0 Å². The summed E-state index contributed by atoms with van der Waals surface area (Å²) in [5.74, 6) is 0. The van der Waals surface area contributed by atoms with Crippen LogP contribution in [0.2, 0.25) is 0 Å². The summed E-state index contributed by atoms with van der Waals surface area (Å²) in [6.07, 6.45) is 5.65. The molecule has 0 bridgehead atoms. The molecule has 2 nitrogen and oxygen atoms in total. The molecule has 0 fully saturated rings. The van der Waals surface area contributed by atoms with E-state index in [9.17, 15) is 0 Å². The van der Waals surface area contributed by atoms with Gasteiger partial charge in [-0.3, -0.25) is 0 Å². The van der Waals surface area contributed by atoms with Gasteiger partial charge in [0.05, 0.1) is 6.10 Å². The largest absolute Gasteiger partial charge is 0.380 e. The Kier molecular flexibility index (Phi) is 8.07. The van der Waals surface area contributed by atoms with Gasteiger partial charge < -0.3 is 10.1 Å². The number of hydrogen-bond donors (Lipinski definition) is 1. The highest BCUT2D eigenvalue weighted by atomic mass is 16.5. The molecule has 0 aliphatic rings. The number of ether oxygens (including phenoxy) is 1. The molecule has 0 aromatic heterocycles. The molecule has 0 amide bonds. The third kappa shape index (κ3) is 8.88. The minimum absolute atomic E-state index is 0.316. The molecule has 0 aliphatic carbocycles. The molecule has 0 rings (SSSR count). The van der Waals surface area contributed by atoms with Crippen LogP contribution in [0.1, 0.15) is 53.4 Å². The quantitative estimate of drug-likeness (QED) is 0.596. The Morgan fingerprint density at radius 1 is 1.27 bits per heavy atom. The highest BCUT2D eigenvalue weighted by molar-refractivity contribution is 4.72. The lowest BCUT2D eigenvalue weighted by atomic mass is 9.87. The molecule has 0 saturated heterocycles. The molecular formula is C13H29NO. The van der Waals surface area contributed by atoms with Gasteiger partial charge in [-0.1, -0.05) is 40.0 Å². The zero-order valence-electron chi connectivity index (χ0n) is 11.2. The Hall–Kier alpha value is -0.0800. The van der Waals surface area contributed by atoms with Crippen LogP contribution in [0.4, 0.5) is 0 Å². The molecule has 0 heterocycles. The molecule has 2 heteroatoms. The Bertz CT molecular complexity index is 145. The van der Waals surface area contributed by atoms with Crippen LogP contribution >= 0.6 is 0 Å². The van der Waals surface area contributed by atoms with Crippen molar-refractivity contribution < 1.29 is 4.74 Å². The summed E-state index contributed by atoms with van der Waals surface area (Å²) in [6, 6.07) is 0. The average Bonchev–Trinajstić information content (AvgIpc) is 2.17. The first-order chi connectivity index (χ1) is 7.02. The molecule has 0 saturated carbocycles. The van der Waals surface area contributed by atoms with Crippen LogP contribution in [-0.4, -0.2) is 26.3 Å². The van der Waals surface area contributed by atoms with Gasteiger partial charge in [-0.25, -0.2) is 0 Å². The van der Waals surface area contributed by atoms with Gasteiger partial charge in [-0.05, 0) is 18.8 Å². The number of rotatable bonds is 9. The minimum atomic E-state index is 0.316. The number of nitrogens with one attached hydrogen (secondary N) is 1. The van der Waals surface area contributed by atoms with Crippen LogP contribution in [0.3, 0.4) is 0 Å². The van der Waals surface area contributed by atoms with Crippen LogP contribution < -0.4 is 5.32 Å². The molecule has 15 heavy (non-hydrogen) atoms. The first-order valence-electron chi connectivity index (χ1n) is 6.25. The molecule has 92 valence electrons. The van der Waals surface area contributed by atoms with E-state index >= 15 is 0 Å². The highest BCUT2D eigenvalue weighted by Crippen LogP contribution is 2.22. The van der Waals surface area contributed by atoms with Crippen molar-refractivity contribution in [3.8, 4) is 0 Å². The number of methoxy groups -OCH3 is 1. The Labute approximate surface area is 95.8 Å². The third-order valence-electron chi connectivity index (χ3n) is 2.89. The molecule has 1 unspecified atom stereocenters. The van der Waals surface area contributed by atoms with Crippen molar-refractivity contribution in [3.05, 3.63) is 0 Å². The first kappa shape index (κ1) is 14.9. The summed E-state index contributed by atoms with van der Waals surface area (Å²) in [4.78, 5) is 0. The van der Waals surface area contributed by atoms with E-state index in [0.717, 1.165) is 13.1 Å². The number of unbranched alkanes of at least 4 members (excludes halogenated alkanes) is 2. The molecule has 0 spiro atoms. The third-order valence-corrected chi connectivity index (χ3v) is 2.89. The summed E-state index contributed by atoms with van der Waals surface area (Å²) in [6.45, 7) is 11.1. The molecule has 0 aromatic rings. The van der Waals surface area contributed by atoms with Crippen LogP contribution in [-0.2, 0) is 4.74 Å². The van der Waals surface area contributed by atoms with Gasteiger partial charge in [0.2, 0.25) is 0 Å². The van der Waals surface area contributed by atoms with E-state index < -0.39 is 0 Å². The zero-order chi connectivity index (χ0) is 11.7. The molecular weight excluding hydrogens is 186 g/mol. The second kappa shape index (κ2) is 8.12. The van der Waals surface area contributed by atoms with E-state index in [4.69, 9.17) is 4.74 Å². The van der Waals surface area contributed by atoms with E-state index in [0.29, 0.717) is 11.5 Å². The lowest BCUT2D eigenvalue weighted by molar-refractivity contribution is 0.113. The van der Waals surface area contributed by atoms with Gasteiger partial charge in [-0.2, -0.15) is 0 Å². The molecule has 0 aliphatic heterocycles. The van der Waals surface area contributed by atoms with Gasteiger partial charge in [0.1, 0.15) is 0 Å².